The number of ether oxygens (including phenoxy) is 2. The fraction of sp³-hybridized carbons (Fsp3) is 0.375. The molecule has 6 aromatic rings. The summed E-state index contributed by atoms with van der Waals surface area (Å²) >= 11 is 0. The molecular weight excluding hydrogens is 923 g/mol. The average molecular weight is 987 g/mol. The normalized spacial score (nSPS) is 20.2. The third-order valence-electron chi connectivity index (χ3n) is 13.8. The van der Waals surface area contributed by atoms with Crippen molar-refractivity contribution >= 4 is 38.1 Å². The van der Waals surface area contributed by atoms with Gasteiger partial charge in [-0.15, -0.1) is 0 Å². The highest BCUT2D eigenvalue weighted by molar-refractivity contribution is 8.76. The van der Waals surface area contributed by atoms with Gasteiger partial charge in [0.05, 0.1) is 29.5 Å². The van der Waals surface area contributed by atoms with Gasteiger partial charge in [-0.05, 0) is 126 Å². The lowest BCUT2D eigenvalue weighted by atomic mass is 9.69. The van der Waals surface area contributed by atoms with Crippen LogP contribution in [-0.4, -0.2) is 87.9 Å². The molecule has 1 aliphatic heterocycles. The molecule has 0 unspecified atom stereocenters. The number of fused-ring (bicyclic) bond motifs is 1. The summed E-state index contributed by atoms with van der Waals surface area (Å²) in [5, 5.41) is 75.9. The smallest absolute Gasteiger partial charge is 0.167 e. The Morgan fingerprint density at radius 3 is 2.56 bits per heavy atom. The number of aliphatic hydroxyl groups excluding tert-OH is 2. The molecule has 14 heteroatoms. The average Bonchev–Trinajstić information content (AvgIpc) is 3.78. The van der Waals surface area contributed by atoms with E-state index in [0.29, 0.717) is 54.9 Å². The fourth-order valence-electron chi connectivity index (χ4n) is 10.3. The summed E-state index contributed by atoms with van der Waals surface area (Å²) in [4.78, 5) is 20.1. The lowest BCUT2D eigenvalue weighted by molar-refractivity contribution is -0.125. The molecule has 5 atom stereocenters. The maximum atomic E-state index is 15.8. The van der Waals surface area contributed by atoms with Crippen molar-refractivity contribution in [1.29, 1.82) is 0 Å². The molecule has 0 bridgehead atoms. The predicted molar refractivity (Wildman–Crippen MR) is 278 cm³/mol. The molecule has 8 rings (SSSR count). The van der Waals surface area contributed by atoms with E-state index in [1.54, 1.807) is 50.7 Å². The molecule has 70 heavy (non-hydrogen) atoms. The number of benzene rings is 5. The molecule has 8 N–H and O–H groups in total. The van der Waals surface area contributed by atoms with Crippen molar-refractivity contribution in [2.24, 2.45) is 5.92 Å². The van der Waals surface area contributed by atoms with E-state index in [0.717, 1.165) is 61.7 Å². The van der Waals surface area contributed by atoms with Gasteiger partial charge in [0.25, 0.3) is 0 Å². The summed E-state index contributed by atoms with van der Waals surface area (Å²) in [5.74, 6) is 0.170. The number of phenolic OH excluding ortho intramolecular Hbond substituents is 3. The quantitative estimate of drug-likeness (QED) is 0.0325. The van der Waals surface area contributed by atoms with Crippen LogP contribution in [0.3, 0.4) is 0 Å². The summed E-state index contributed by atoms with van der Waals surface area (Å²) < 4.78 is 12.2. The van der Waals surface area contributed by atoms with Crippen molar-refractivity contribution in [2.75, 3.05) is 39.8 Å². The number of carbonyl (C=O) groups excluding carboxylic acids is 1. The number of Topliss-reactive ketones (excluding diaryl/α,β-unsaturated/α-hetero) is 1. The summed E-state index contributed by atoms with van der Waals surface area (Å²) in [7, 11) is 6.35. The van der Waals surface area contributed by atoms with Crippen LogP contribution in [0.15, 0.2) is 103 Å². The van der Waals surface area contributed by atoms with Gasteiger partial charge in [-0.1, -0.05) is 101 Å². The van der Waals surface area contributed by atoms with E-state index < -0.39 is 28.3 Å². The lowest BCUT2D eigenvalue weighted by Gasteiger charge is -2.33. The highest BCUT2D eigenvalue weighted by atomic mass is 33.1. The van der Waals surface area contributed by atoms with Crippen LogP contribution in [0.1, 0.15) is 81.2 Å². The second-order valence-corrected chi connectivity index (χ2v) is 21.4. The molecule has 2 heterocycles. The zero-order chi connectivity index (χ0) is 49.6. The van der Waals surface area contributed by atoms with E-state index >= 15 is 4.79 Å². The van der Waals surface area contributed by atoms with Gasteiger partial charge in [0.1, 0.15) is 18.3 Å². The van der Waals surface area contributed by atoms with Crippen molar-refractivity contribution in [1.82, 2.24) is 15.6 Å². The summed E-state index contributed by atoms with van der Waals surface area (Å²) in [6, 6.07) is 24.4. The molecule has 0 saturated heterocycles. The maximum Gasteiger partial charge on any atom is 0.167 e. The van der Waals surface area contributed by atoms with Crippen LogP contribution in [0.2, 0.25) is 0 Å². The van der Waals surface area contributed by atoms with Gasteiger partial charge in [-0.3, -0.25) is 10.1 Å². The molecule has 0 saturated carbocycles. The Morgan fingerprint density at radius 1 is 0.986 bits per heavy atom. The number of aryl methyl sites for hydroxylation is 1. The van der Waals surface area contributed by atoms with Gasteiger partial charge >= 0.3 is 0 Å². The Morgan fingerprint density at radius 2 is 1.80 bits per heavy atom. The van der Waals surface area contributed by atoms with Gasteiger partial charge in [0, 0.05) is 49.4 Å². The first kappa shape index (κ1) is 50.9. The summed E-state index contributed by atoms with van der Waals surface area (Å²) in [5.41, 5.74) is 6.09. The molecule has 12 nitrogen and oxygen atoms in total. The van der Waals surface area contributed by atoms with Gasteiger partial charge in [-0.2, -0.15) is 12.4 Å². The highest BCUT2D eigenvalue weighted by Crippen LogP contribution is 2.52. The number of aromatic hydroxyl groups is 3. The Labute approximate surface area is 418 Å². The molecule has 0 spiro atoms. The number of allylic oxidation sites excluding steroid dienone is 1. The number of carbonyl (C=O) groups is 1. The molecule has 2 aliphatic rings. The number of aliphatic hydroxyl groups is 3. The molecular formula is C56H64N3O9S2-. The van der Waals surface area contributed by atoms with Crippen molar-refractivity contribution in [3.63, 3.8) is 0 Å². The molecule has 370 valence electrons. The van der Waals surface area contributed by atoms with Gasteiger partial charge in [0.15, 0.2) is 23.0 Å². The second-order valence-electron chi connectivity index (χ2n) is 18.9. The van der Waals surface area contributed by atoms with Crippen molar-refractivity contribution in [2.45, 2.75) is 87.7 Å². The highest BCUT2D eigenvalue weighted by Gasteiger charge is 2.44. The number of rotatable bonds is 17. The zero-order valence-electron chi connectivity index (χ0n) is 40.2. The van der Waals surface area contributed by atoms with Crippen LogP contribution in [0, 0.1) is 5.92 Å². The number of aromatic nitrogens is 1. The first-order valence-electron chi connectivity index (χ1n) is 23.9. The van der Waals surface area contributed by atoms with E-state index in [4.69, 9.17) is 9.47 Å². The van der Waals surface area contributed by atoms with E-state index in [-0.39, 0.29) is 61.5 Å². The minimum atomic E-state index is -1.40. The van der Waals surface area contributed by atoms with Crippen LogP contribution in [0.25, 0.3) is 10.8 Å². The largest absolute Gasteiger partial charge is 0.670 e. The number of ketones is 1. The monoisotopic (exact) mass is 986 g/mol. The predicted octanol–water partition coefficient (Wildman–Crippen LogP) is 7.91. The molecule has 0 radical (unpaired) electrons. The van der Waals surface area contributed by atoms with E-state index in [1.165, 1.54) is 21.6 Å². The van der Waals surface area contributed by atoms with Crippen LogP contribution < -0.4 is 25.1 Å². The molecule has 1 aromatic heterocycles. The van der Waals surface area contributed by atoms with Crippen molar-refractivity contribution in [3.8, 4) is 28.7 Å². The van der Waals surface area contributed by atoms with Crippen LogP contribution in [0.5, 0.6) is 28.7 Å². The van der Waals surface area contributed by atoms with Gasteiger partial charge in [0.2, 0.25) is 0 Å². The van der Waals surface area contributed by atoms with Gasteiger partial charge in [-0.25, -0.2) is 0 Å². The van der Waals surface area contributed by atoms with Crippen LogP contribution in [0.4, 0.5) is 0 Å². The molecule has 0 fully saturated rings. The van der Waals surface area contributed by atoms with Crippen LogP contribution in [-0.2, 0) is 55.3 Å². The van der Waals surface area contributed by atoms with Crippen molar-refractivity contribution in [3.05, 3.63) is 159 Å². The Kier molecular flexibility index (Phi) is 16.2. The first-order chi connectivity index (χ1) is 33.8. The molecule has 0 amide bonds. The number of phenols is 3. The number of nitrogens with zero attached hydrogens (tertiary/aromatic N) is 1. The van der Waals surface area contributed by atoms with Gasteiger partial charge < -0.3 is 50.4 Å². The Bertz CT molecular complexity index is 2830. The third kappa shape index (κ3) is 11.0. The molecule has 1 aliphatic carbocycles. The minimum Gasteiger partial charge on any atom is -0.670 e. The number of hydrogen-bond donors (Lipinski definition) is 8. The topological polar surface area (TPSA) is 195 Å². The number of hydrogen-bond acceptors (Lipinski definition) is 13. The SMILES string of the molecule is CCc1ccc2cccc(CCO)c2c1Cc1c(C[C@H](Cc2cc[n-]c2)[C@H](O)CC(=O)[C@@]2(c3cc(O)cc(CNC)c3)C=C[C@@H]3SSC[C@@](C)(O)CNCOc4c(O)ccc(c43)C2)ccc(O)c1OC. The standard InChI is InChI=1S/C56H64N3O9S2/c1-5-36-9-10-37-7-6-8-38(17-20-60)51(37)44(36)26-45-39(11-13-46(62)53(45)67-4)24-41(21-34-16-19-58-30-34)48(64)27-50(65)56(42-22-35(29-57-3)23-43(61)25-42)18-15-49-52-40(28-56)12-14-47(63)54(52)68-33-59-31-55(2,66)32-69-70-49/h6-16,18-19,22-23,25,30,41,48-49,57,59-64,66H,5,17,20-21,24,26-29,31-33H2,1-4H3/q-1/t41-,48+,49-,55-,56-/m0/s1. The lowest BCUT2D eigenvalue weighted by Crippen LogP contribution is -2.41. The minimum absolute atomic E-state index is 0.00343. The fourth-order valence-corrected chi connectivity index (χ4v) is 13.3. The van der Waals surface area contributed by atoms with Crippen LogP contribution >= 0.6 is 21.6 Å². The maximum absolute atomic E-state index is 15.8. The van der Waals surface area contributed by atoms with E-state index in [9.17, 15) is 30.6 Å². The van der Waals surface area contributed by atoms with E-state index in [2.05, 4.69) is 40.7 Å². The number of β-amino-alcohol motifs (C(OH)–C–C–N with tert-alkyl or cyclic N) is 1. The van der Waals surface area contributed by atoms with Crippen molar-refractivity contribution < 1.29 is 44.9 Å². The first-order valence-corrected chi connectivity index (χ1v) is 26.3. The summed E-state index contributed by atoms with van der Waals surface area (Å²) in [6.07, 6.45) is 8.39. The Hall–Kier alpha value is -5.45. The second kappa shape index (κ2) is 22.3. The molecule has 5 aromatic carbocycles. The number of methoxy groups -OCH3 is 1. The number of nitrogens with one attached hydrogen (secondary N) is 2. The Balaban J connectivity index is 1.22. The third-order valence-corrected chi connectivity index (χ3v) is 16.7. The van der Waals surface area contributed by atoms with E-state index in [1.807, 2.05) is 55.6 Å². The summed E-state index contributed by atoms with van der Waals surface area (Å²) in [6.45, 7) is 4.61. The zero-order valence-corrected chi connectivity index (χ0v) is 41.8.